The average molecular weight is 552 g/mol. The van der Waals surface area contributed by atoms with Crippen molar-refractivity contribution in [1.29, 1.82) is 0 Å². The summed E-state index contributed by atoms with van der Waals surface area (Å²) >= 11 is 0. The van der Waals surface area contributed by atoms with E-state index in [0.29, 0.717) is 46.6 Å². The van der Waals surface area contributed by atoms with Gasteiger partial charge in [0.2, 0.25) is 0 Å². The molecule has 0 atom stereocenters. The summed E-state index contributed by atoms with van der Waals surface area (Å²) < 4.78 is 62.8. The first-order chi connectivity index (χ1) is 19.4. The number of para-hydroxylation sites is 1. The summed E-state index contributed by atoms with van der Waals surface area (Å²) in [4.78, 5) is 12.8. The van der Waals surface area contributed by atoms with Gasteiger partial charge in [-0.15, -0.1) is 0 Å². The van der Waals surface area contributed by atoms with Crippen LogP contribution in [0, 0.1) is 11.6 Å². The number of anilines is 2. The molecule has 2 aromatic carbocycles. The Morgan fingerprint density at radius 2 is 1.82 bits per heavy atom. The highest BCUT2D eigenvalue weighted by Crippen LogP contribution is 2.30. The van der Waals surface area contributed by atoms with Crippen molar-refractivity contribution in [2.75, 3.05) is 18.5 Å². The Balaban J connectivity index is 1.55. The number of hydrogen-bond donors (Lipinski definition) is 2. The van der Waals surface area contributed by atoms with Crippen molar-refractivity contribution in [2.24, 2.45) is 5.73 Å². The molecule has 0 aliphatic rings. The van der Waals surface area contributed by atoms with E-state index in [0.717, 1.165) is 12.1 Å². The molecule has 0 aliphatic carbocycles. The van der Waals surface area contributed by atoms with Crippen molar-refractivity contribution in [1.82, 2.24) is 24.7 Å². The van der Waals surface area contributed by atoms with Crippen molar-refractivity contribution in [3.8, 4) is 17.3 Å². The highest BCUT2D eigenvalue weighted by molar-refractivity contribution is 5.91. The fourth-order valence-corrected chi connectivity index (χ4v) is 4.29. The quantitative estimate of drug-likeness (QED) is 0.212. The van der Waals surface area contributed by atoms with Crippen LogP contribution in [-0.2, 0) is 13.0 Å². The molecule has 5 aromatic rings. The van der Waals surface area contributed by atoms with Crippen LogP contribution in [0.4, 0.5) is 29.1 Å². The first kappa shape index (κ1) is 27.0. The molecule has 0 bridgehead atoms. The van der Waals surface area contributed by atoms with Crippen molar-refractivity contribution in [3.63, 3.8) is 0 Å². The summed E-state index contributed by atoms with van der Waals surface area (Å²) in [6.07, 6.45) is 0.572. The molecule has 0 aliphatic heterocycles. The minimum atomic E-state index is -2.73. The number of nitrogens with two attached hydrogens (primary N) is 1. The molecule has 3 aromatic heterocycles. The molecule has 40 heavy (non-hydrogen) atoms. The SMILES string of the molecule is CCOc1cc(F)c(Cn2nc(-c3ncc(CCN)c(Nc4ccnc(C(F)F)c4)n3)c3ccccc32)c(F)c1. The molecule has 0 radical (unpaired) electrons. The number of nitrogens with zero attached hydrogens (tertiary/aromatic N) is 5. The first-order valence-electron chi connectivity index (χ1n) is 12.5. The van der Waals surface area contributed by atoms with Crippen molar-refractivity contribution in [2.45, 2.75) is 26.3 Å². The topological polar surface area (TPSA) is 104 Å². The number of rotatable bonds is 10. The zero-order chi connectivity index (χ0) is 28.2. The number of alkyl halides is 2. The third-order valence-corrected chi connectivity index (χ3v) is 6.15. The Labute approximate surface area is 226 Å². The number of halogens is 4. The molecule has 3 N–H and O–H groups in total. The summed E-state index contributed by atoms with van der Waals surface area (Å²) in [5, 5.41) is 8.35. The summed E-state index contributed by atoms with van der Waals surface area (Å²) in [6.45, 7) is 2.13. The van der Waals surface area contributed by atoms with Gasteiger partial charge in [0.1, 0.15) is 34.6 Å². The van der Waals surface area contributed by atoms with Gasteiger partial charge >= 0.3 is 0 Å². The second-order valence-corrected chi connectivity index (χ2v) is 8.82. The predicted octanol–water partition coefficient (Wildman–Crippen LogP) is 5.80. The molecule has 5 rings (SSSR count). The molecule has 206 valence electrons. The van der Waals surface area contributed by atoms with Crippen LogP contribution in [0.5, 0.6) is 5.75 Å². The van der Waals surface area contributed by atoms with Gasteiger partial charge in [-0.3, -0.25) is 9.67 Å². The summed E-state index contributed by atoms with van der Waals surface area (Å²) in [6, 6.07) is 12.3. The Morgan fingerprint density at radius 1 is 1.05 bits per heavy atom. The summed E-state index contributed by atoms with van der Waals surface area (Å²) in [5.74, 6) is -0.802. The van der Waals surface area contributed by atoms with Crippen LogP contribution in [0.3, 0.4) is 0 Å². The van der Waals surface area contributed by atoms with Crippen LogP contribution >= 0.6 is 0 Å². The predicted molar refractivity (Wildman–Crippen MR) is 143 cm³/mol. The molecule has 0 spiro atoms. The molecule has 0 amide bonds. The van der Waals surface area contributed by atoms with Gasteiger partial charge in [-0.2, -0.15) is 5.10 Å². The highest BCUT2D eigenvalue weighted by atomic mass is 19.3. The van der Waals surface area contributed by atoms with E-state index < -0.39 is 18.1 Å². The molecule has 0 saturated carbocycles. The van der Waals surface area contributed by atoms with Crippen LogP contribution in [0.15, 0.2) is 60.9 Å². The van der Waals surface area contributed by atoms with E-state index in [4.69, 9.17) is 10.5 Å². The van der Waals surface area contributed by atoms with E-state index in [1.165, 1.54) is 16.9 Å². The molecule has 0 unspecified atom stereocenters. The molecular formula is C28H25F4N7O. The lowest BCUT2D eigenvalue weighted by molar-refractivity contribution is 0.146. The van der Waals surface area contributed by atoms with Gasteiger partial charge in [0.25, 0.3) is 6.43 Å². The van der Waals surface area contributed by atoms with Crippen molar-refractivity contribution in [3.05, 3.63) is 89.4 Å². The van der Waals surface area contributed by atoms with E-state index in [1.54, 1.807) is 43.5 Å². The lowest BCUT2D eigenvalue weighted by Gasteiger charge is -2.12. The summed E-state index contributed by atoms with van der Waals surface area (Å²) in [7, 11) is 0. The molecule has 0 fully saturated rings. The number of nitrogens with one attached hydrogen (secondary N) is 1. The second-order valence-electron chi connectivity index (χ2n) is 8.82. The van der Waals surface area contributed by atoms with Gasteiger partial charge in [-0.25, -0.2) is 27.5 Å². The number of benzene rings is 2. The van der Waals surface area contributed by atoms with Crippen molar-refractivity contribution >= 4 is 22.4 Å². The fraction of sp³-hybridized carbons (Fsp3) is 0.214. The number of aromatic nitrogens is 5. The monoisotopic (exact) mass is 551 g/mol. The van der Waals surface area contributed by atoms with Gasteiger partial charge < -0.3 is 15.8 Å². The number of fused-ring (bicyclic) bond motifs is 1. The van der Waals surface area contributed by atoms with Crippen LogP contribution in [0.2, 0.25) is 0 Å². The molecular weight excluding hydrogens is 526 g/mol. The van der Waals surface area contributed by atoms with Gasteiger partial charge in [0, 0.05) is 46.7 Å². The zero-order valence-electron chi connectivity index (χ0n) is 21.4. The molecule has 8 nitrogen and oxygen atoms in total. The number of ether oxygens (including phenoxy) is 1. The van der Waals surface area contributed by atoms with E-state index in [9.17, 15) is 17.6 Å². The van der Waals surface area contributed by atoms with Gasteiger partial charge in [-0.1, -0.05) is 18.2 Å². The van der Waals surface area contributed by atoms with Gasteiger partial charge in [0.05, 0.1) is 18.7 Å². The maximum atomic E-state index is 14.8. The van der Waals surface area contributed by atoms with Crippen LogP contribution in [0.1, 0.15) is 30.2 Å². The van der Waals surface area contributed by atoms with Crippen LogP contribution in [-0.4, -0.2) is 37.9 Å². The Hall–Kier alpha value is -4.58. The van der Waals surface area contributed by atoms with Gasteiger partial charge in [-0.05, 0) is 38.1 Å². The Bertz CT molecular complexity index is 1630. The Morgan fingerprint density at radius 3 is 2.55 bits per heavy atom. The summed E-state index contributed by atoms with van der Waals surface area (Å²) in [5.41, 5.74) is 7.25. The van der Waals surface area contributed by atoms with E-state index in [2.05, 4.69) is 25.4 Å². The third kappa shape index (κ3) is 5.57. The van der Waals surface area contributed by atoms with Crippen LogP contribution < -0.4 is 15.8 Å². The van der Waals surface area contributed by atoms with E-state index in [1.807, 2.05) is 0 Å². The zero-order valence-corrected chi connectivity index (χ0v) is 21.4. The maximum Gasteiger partial charge on any atom is 0.280 e. The first-order valence-corrected chi connectivity index (χ1v) is 12.5. The molecule has 3 heterocycles. The smallest absolute Gasteiger partial charge is 0.280 e. The number of hydrogen-bond acceptors (Lipinski definition) is 7. The standard InChI is InChI=1S/C28H25F4N7O/c1-2-40-18-12-21(29)20(22(30)13-18)15-39-24-6-4-3-5-19(24)25(38-39)28-35-14-16(7-9-33)27(37-28)36-17-8-10-34-23(11-17)26(31)32/h3-6,8,10-14,26H,2,7,9,15,33H2,1H3,(H,34,35,36,37). The Kier molecular flexibility index (Phi) is 7.87. The highest BCUT2D eigenvalue weighted by Gasteiger charge is 2.20. The number of pyridine rings is 1. The fourth-order valence-electron chi connectivity index (χ4n) is 4.29. The van der Waals surface area contributed by atoms with Crippen molar-refractivity contribution < 1.29 is 22.3 Å². The minimum absolute atomic E-state index is 0.105. The van der Waals surface area contributed by atoms with Crippen LogP contribution in [0.25, 0.3) is 22.4 Å². The lowest BCUT2D eigenvalue weighted by Crippen LogP contribution is -2.09. The second kappa shape index (κ2) is 11.7. The average Bonchev–Trinajstić information content (AvgIpc) is 3.30. The van der Waals surface area contributed by atoms with Gasteiger partial charge in [0.15, 0.2) is 5.82 Å². The van der Waals surface area contributed by atoms with E-state index >= 15 is 0 Å². The maximum absolute atomic E-state index is 14.8. The minimum Gasteiger partial charge on any atom is -0.494 e. The molecule has 12 heteroatoms. The normalized spacial score (nSPS) is 11.4. The molecule has 0 saturated heterocycles. The lowest BCUT2D eigenvalue weighted by atomic mass is 10.1. The van der Waals surface area contributed by atoms with E-state index in [-0.39, 0.29) is 36.0 Å². The third-order valence-electron chi connectivity index (χ3n) is 6.15. The largest absolute Gasteiger partial charge is 0.494 e.